The Morgan fingerprint density at radius 3 is 1.88 bits per heavy atom. The number of rotatable bonds is 6. The fourth-order valence-electron chi connectivity index (χ4n) is 1.55. The number of thiocarbonyl (C=S) groups is 1. The van der Waals surface area contributed by atoms with E-state index in [4.69, 9.17) is 18.0 Å². The van der Waals surface area contributed by atoms with Gasteiger partial charge in [0, 0.05) is 5.54 Å². The Hall–Kier alpha value is -0.640. The first-order chi connectivity index (χ1) is 7.25. The van der Waals surface area contributed by atoms with Gasteiger partial charge in [-0.15, -0.1) is 0 Å². The molecule has 3 nitrogen and oxygen atoms in total. The average molecular weight is 244 g/mol. The summed E-state index contributed by atoms with van der Waals surface area (Å²) in [5, 5.41) is 3.02. The number of amides is 1. The Labute approximate surface area is 104 Å². The van der Waals surface area contributed by atoms with E-state index in [1.807, 2.05) is 34.6 Å². The van der Waals surface area contributed by atoms with Gasteiger partial charge in [0.15, 0.2) is 0 Å². The predicted octanol–water partition coefficient (Wildman–Crippen LogP) is 2.38. The Morgan fingerprint density at radius 1 is 1.19 bits per heavy atom. The van der Waals surface area contributed by atoms with Crippen LogP contribution in [-0.4, -0.2) is 16.4 Å². The first kappa shape index (κ1) is 15.4. The van der Waals surface area contributed by atoms with E-state index in [9.17, 15) is 4.79 Å². The molecular formula is C12H24N2OS. The van der Waals surface area contributed by atoms with Crippen molar-refractivity contribution in [2.75, 3.05) is 0 Å². The molecule has 0 bridgehead atoms. The van der Waals surface area contributed by atoms with Gasteiger partial charge in [0.2, 0.25) is 5.91 Å². The Morgan fingerprint density at radius 2 is 1.62 bits per heavy atom. The quantitative estimate of drug-likeness (QED) is 0.705. The number of nitrogens with one attached hydrogen (secondary N) is 1. The maximum atomic E-state index is 12.3. The highest BCUT2D eigenvalue weighted by atomic mass is 32.1. The Balaban J connectivity index is 4.98. The molecule has 0 aromatic heterocycles. The van der Waals surface area contributed by atoms with Crippen molar-refractivity contribution in [2.24, 2.45) is 11.1 Å². The van der Waals surface area contributed by atoms with Crippen LogP contribution in [0, 0.1) is 5.41 Å². The first-order valence-electron chi connectivity index (χ1n) is 5.88. The maximum Gasteiger partial charge on any atom is 0.233 e. The lowest BCUT2D eigenvalue weighted by molar-refractivity contribution is -0.129. The second-order valence-electron chi connectivity index (χ2n) is 4.85. The molecule has 0 aliphatic rings. The third-order valence-electron chi connectivity index (χ3n) is 3.45. The van der Waals surface area contributed by atoms with Crippen LogP contribution in [0.15, 0.2) is 0 Å². The van der Waals surface area contributed by atoms with Gasteiger partial charge in [0.05, 0.1) is 10.4 Å². The largest absolute Gasteiger partial charge is 0.392 e. The number of carbonyl (C=O) groups is 1. The number of hydrogen-bond donors (Lipinski definition) is 2. The van der Waals surface area contributed by atoms with Crippen LogP contribution in [0.5, 0.6) is 0 Å². The van der Waals surface area contributed by atoms with Gasteiger partial charge >= 0.3 is 0 Å². The van der Waals surface area contributed by atoms with Gasteiger partial charge in [-0.25, -0.2) is 0 Å². The second-order valence-corrected chi connectivity index (χ2v) is 5.28. The summed E-state index contributed by atoms with van der Waals surface area (Å²) in [6, 6.07) is 0. The van der Waals surface area contributed by atoms with Gasteiger partial charge in [-0.05, 0) is 33.1 Å². The van der Waals surface area contributed by atoms with Crippen molar-refractivity contribution in [3.05, 3.63) is 0 Å². The molecule has 0 aliphatic heterocycles. The lowest BCUT2D eigenvalue weighted by Gasteiger charge is -2.34. The predicted molar refractivity (Wildman–Crippen MR) is 72.3 cm³/mol. The molecule has 3 N–H and O–H groups in total. The van der Waals surface area contributed by atoms with E-state index < -0.39 is 5.41 Å². The third kappa shape index (κ3) is 3.17. The fraction of sp³-hybridized carbons (Fsp3) is 0.833. The average Bonchev–Trinajstić information content (AvgIpc) is 2.19. The van der Waals surface area contributed by atoms with Crippen molar-refractivity contribution in [2.45, 2.75) is 59.4 Å². The second kappa shape index (κ2) is 5.62. The fourth-order valence-corrected chi connectivity index (χ4v) is 1.93. The van der Waals surface area contributed by atoms with Crippen molar-refractivity contribution >= 4 is 23.1 Å². The van der Waals surface area contributed by atoms with E-state index in [-0.39, 0.29) is 11.4 Å². The first-order valence-corrected chi connectivity index (χ1v) is 6.29. The Bertz CT molecular complexity index is 270. The van der Waals surface area contributed by atoms with Crippen LogP contribution < -0.4 is 11.1 Å². The van der Waals surface area contributed by atoms with Crippen LogP contribution in [0.3, 0.4) is 0 Å². The van der Waals surface area contributed by atoms with Crippen molar-refractivity contribution < 1.29 is 4.79 Å². The summed E-state index contributed by atoms with van der Waals surface area (Å²) in [6.45, 7) is 9.93. The molecule has 0 radical (unpaired) electrons. The molecule has 0 unspecified atom stereocenters. The lowest BCUT2D eigenvalue weighted by Crippen LogP contribution is -2.54. The van der Waals surface area contributed by atoms with Crippen LogP contribution in [0.1, 0.15) is 53.9 Å². The molecule has 0 aliphatic carbocycles. The molecule has 0 aromatic carbocycles. The van der Waals surface area contributed by atoms with Gasteiger partial charge < -0.3 is 11.1 Å². The highest BCUT2D eigenvalue weighted by Gasteiger charge is 2.39. The van der Waals surface area contributed by atoms with Gasteiger partial charge in [-0.1, -0.05) is 33.0 Å². The van der Waals surface area contributed by atoms with Gasteiger partial charge in [0.1, 0.15) is 0 Å². The molecule has 0 saturated heterocycles. The molecular weight excluding hydrogens is 220 g/mol. The lowest BCUT2D eigenvalue weighted by atomic mass is 9.80. The van der Waals surface area contributed by atoms with Crippen LogP contribution in [-0.2, 0) is 4.79 Å². The summed E-state index contributed by atoms with van der Waals surface area (Å²) in [5.41, 5.74) is 4.82. The topological polar surface area (TPSA) is 55.1 Å². The summed E-state index contributed by atoms with van der Waals surface area (Å²) in [4.78, 5) is 12.6. The summed E-state index contributed by atoms with van der Waals surface area (Å²) >= 11 is 5.05. The van der Waals surface area contributed by atoms with E-state index in [0.29, 0.717) is 17.8 Å². The minimum Gasteiger partial charge on any atom is -0.392 e. The Kier molecular flexibility index (Phi) is 5.39. The van der Waals surface area contributed by atoms with Crippen molar-refractivity contribution in [1.29, 1.82) is 0 Å². The molecule has 0 saturated carbocycles. The molecule has 16 heavy (non-hydrogen) atoms. The molecule has 0 heterocycles. The molecule has 1 amide bonds. The van der Waals surface area contributed by atoms with Crippen LogP contribution in [0.2, 0.25) is 0 Å². The number of nitrogens with two attached hydrogens (primary N) is 1. The minimum atomic E-state index is -0.693. The monoisotopic (exact) mass is 244 g/mol. The number of hydrogen-bond acceptors (Lipinski definition) is 2. The highest BCUT2D eigenvalue weighted by Crippen LogP contribution is 2.28. The molecule has 0 spiro atoms. The zero-order valence-corrected chi connectivity index (χ0v) is 11.8. The van der Waals surface area contributed by atoms with Crippen molar-refractivity contribution in [3.8, 4) is 0 Å². The zero-order valence-electron chi connectivity index (χ0n) is 11.0. The molecule has 0 rings (SSSR count). The van der Waals surface area contributed by atoms with E-state index >= 15 is 0 Å². The smallest absolute Gasteiger partial charge is 0.233 e. The molecule has 4 heteroatoms. The van der Waals surface area contributed by atoms with Gasteiger partial charge in [-0.2, -0.15) is 0 Å². The van der Waals surface area contributed by atoms with Gasteiger partial charge in [0.25, 0.3) is 0 Å². The minimum absolute atomic E-state index is 0.0446. The van der Waals surface area contributed by atoms with Crippen LogP contribution in [0.4, 0.5) is 0 Å². The van der Waals surface area contributed by atoms with E-state index in [1.54, 1.807) is 0 Å². The molecule has 94 valence electrons. The summed E-state index contributed by atoms with van der Waals surface area (Å²) in [6.07, 6.45) is 2.16. The summed E-state index contributed by atoms with van der Waals surface area (Å²) in [5.74, 6) is -0.0446. The summed E-state index contributed by atoms with van der Waals surface area (Å²) in [7, 11) is 0. The van der Waals surface area contributed by atoms with Crippen LogP contribution in [0.25, 0.3) is 0 Å². The van der Waals surface area contributed by atoms with Gasteiger partial charge in [-0.3, -0.25) is 4.79 Å². The van der Waals surface area contributed by atoms with E-state index in [1.165, 1.54) is 0 Å². The SMILES string of the molecule is CCC(C)(C)NC(=O)C(CC)(CC)C(N)=S. The van der Waals surface area contributed by atoms with Crippen LogP contribution >= 0.6 is 12.2 Å². The third-order valence-corrected chi connectivity index (χ3v) is 3.84. The van der Waals surface area contributed by atoms with Crippen molar-refractivity contribution in [1.82, 2.24) is 5.32 Å². The van der Waals surface area contributed by atoms with E-state index in [2.05, 4.69) is 5.32 Å². The maximum absolute atomic E-state index is 12.3. The molecule has 0 atom stereocenters. The number of carbonyl (C=O) groups excluding carboxylic acids is 1. The zero-order chi connectivity index (χ0) is 13.0. The van der Waals surface area contributed by atoms with E-state index in [0.717, 1.165) is 6.42 Å². The highest BCUT2D eigenvalue weighted by molar-refractivity contribution is 7.80. The van der Waals surface area contributed by atoms with Crippen molar-refractivity contribution in [3.63, 3.8) is 0 Å². The molecule has 0 aromatic rings. The summed E-state index contributed by atoms with van der Waals surface area (Å²) < 4.78 is 0. The normalized spacial score (nSPS) is 12.3. The standard InChI is InChI=1S/C12H24N2OS/c1-6-11(4,5)14-10(15)12(7-2,8-3)9(13)16/h6-8H2,1-5H3,(H2,13,16)(H,14,15). The molecule has 0 fully saturated rings.